The van der Waals surface area contributed by atoms with E-state index in [9.17, 15) is 4.79 Å². The van der Waals surface area contributed by atoms with Gasteiger partial charge in [-0.05, 0) is 24.0 Å². The summed E-state index contributed by atoms with van der Waals surface area (Å²) < 4.78 is 0. The summed E-state index contributed by atoms with van der Waals surface area (Å²) in [4.78, 5) is 11.2. The predicted molar refractivity (Wildman–Crippen MR) is 56.4 cm³/mol. The average molecular weight is 202 g/mol. The Morgan fingerprint density at radius 2 is 2.15 bits per heavy atom. The zero-order valence-corrected chi connectivity index (χ0v) is 9.06. The number of nitrogens with two attached hydrogens (primary N) is 2. The third-order valence-electron chi connectivity index (χ3n) is 2.42. The Balaban J connectivity index is 2.51. The van der Waals surface area contributed by atoms with E-state index in [1.54, 1.807) is 11.8 Å². The van der Waals surface area contributed by atoms with Crippen LogP contribution in [0.3, 0.4) is 0 Å². The minimum Gasteiger partial charge on any atom is -0.368 e. The topological polar surface area (TPSA) is 69.1 Å². The summed E-state index contributed by atoms with van der Waals surface area (Å²) in [6, 6.07) is 0. The molecule has 1 aliphatic rings. The van der Waals surface area contributed by atoms with E-state index < -0.39 is 5.54 Å². The summed E-state index contributed by atoms with van der Waals surface area (Å²) in [7, 11) is 0. The van der Waals surface area contributed by atoms with Gasteiger partial charge in [-0.3, -0.25) is 4.79 Å². The smallest absolute Gasteiger partial charge is 0.238 e. The molecule has 13 heavy (non-hydrogen) atoms. The van der Waals surface area contributed by atoms with Gasteiger partial charge in [0, 0.05) is 5.75 Å². The molecule has 0 aromatic heterocycles. The molecule has 0 aliphatic heterocycles. The predicted octanol–water partition coefficient (Wildman–Crippen LogP) is 0.721. The van der Waals surface area contributed by atoms with Crippen molar-refractivity contribution in [1.82, 2.24) is 0 Å². The maximum Gasteiger partial charge on any atom is 0.238 e. The Labute approximate surface area is 83.6 Å². The number of hydrogen-bond acceptors (Lipinski definition) is 3. The summed E-state index contributed by atoms with van der Waals surface area (Å²) in [5.41, 5.74) is 10.6. The highest BCUT2D eigenvalue weighted by atomic mass is 32.2. The van der Waals surface area contributed by atoms with Gasteiger partial charge in [0.15, 0.2) is 0 Å². The van der Waals surface area contributed by atoms with E-state index in [-0.39, 0.29) is 5.91 Å². The first-order chi connectivity index (χ1) is 5.97. The normalized spacial score (nSPS) is 21.5. The van der Waals surface area contributed by atoms with Crippen molar-refractivity contribution in [2.24, 2.45) is 17.4 Å². The molecule has 1 unspecified atom stereocenters. The molecule has 0 heterocycles. The van der Waals surface area contributed by atoms with Gasteiger partial charge >= 0.3 is 0 Å². The molecular weight excluding hydrogens is 184 g/mol. The first kappa shape index (κ1) is 10.9. The second kappa shape index (κ2) is 3.88. The number of hydrogen-bond donors (Lipinski definition) is 2. The fourth-order valence-electron chi connectivity index (χ4n) is 1.29. The van der Waals surface area contributed by atoms with Crippen LogP contribution in [0.5, 0.6) is 0 Å². The maximum atomic E-state index is 11.2. The SMILES string of the molecule is CC(C)SCC(N)(C(N)=O)C1CC1. The van der Waals surface area contributed by atoms with Crippen LogP contribution in [0.4, 0.5) is 0 Å². The highest BCUT2D eigenvalue weighted by Gasteiger charge is 2.46. The molecule has 0 bridgehead atoms. The Hall–Kier alpha value is -0.220. The van der Waals surface area contributed by atoms with Gasteiger partial charge in [0.25, 0.3) is 0 Å². The van der Waals surface area contributed by atoms with Crippen molar-refractivity contribution >= 4 is 17.7 Å². The highest BCUT2D eigenvalue weighted by molar-refractivity contribution is 7.99. The number of rotatable bonds is 5. The lowest BCUT2D eigenvalue weighted by Gasteiger charge is -2.26. The van der Waals surface area contributed by atoms with Crippen LogP contribution < -0.4 is 11.5 Å². The molecule has 1 saturated carbocycles. The van der Waals surface area contributed by atoms with Crippen LogP contribution in [0.2, 0.25) is 0 Å². The molecule has 0 saturated heterocycles. The zero-order chi connectivity index (χ0) is 10.1. The quantitative estimate of drug-likeness (QED) is 0.690. The number of carbonyl (C=O) groups excluding carboxylic acids is 1. The second-order valence-corrected chi connectivity index (χ2v) is 5.60. The van der Waals surface area contributed by atoms with Crippen LogP contribution in [-0.2, 0) is 4.79 Å². The van der Waals surface area contributed by atoms with Gasteiger partial charge in [0.05, 0.1) is 0 Å². The summed E-state index contributed by atoms with van der Waals surface area (Å²) in [5, 5.41) is 0.501. The van der Waals surface area contributed by atoms with Gasteiger partial charge in [0.1, 0.15) is 5.54 Å². The lowest BCUT2D eigenvalue weighted by molar-refractivity contribution is -0.123. The van der Waals surface area contributed by atoms with Crippen LogP contribution in [0.25, 0.3) is 0 Å². The van der Waals surface area contributed by atoms with Gasteiger partial charge < -0.3 is 11.5 Å². The molecule has 1 rings (SSSR count). The van der Waals surface area contributed by atoms with Crippen LogP contribution >= 0.6 is 11.8 Å². The van der Waals surface area contributed by atoms with Gasteiger partial charge in [-0.15, -0.1) is 0 Å². The highest BCUT2D eigenvalue weighted by Crippen LogP contribution is 2.40. The van der Waals surface area contributed by atoms with E-state index in [2.05, 4.69) is 13.8 Å². The molecule has 1 fully saturated rings. The van der Waals surface area contributed by atoms with Crippen molar-refractivity contribution in [3.8, 4) is 0 Å². The molecule has 1 aliphatic carbocycles. The van der Waals surface area contributed by atoms with Gasteiger partial charge in [-0.25, -0.2) is 0 Å². The number of primary amides is 1. The fourth-order valence-corrected chi connectivity index (χ4v) is 2.28. The van der Waals surface area contributed by atoms with E-state index in [4.69, 9.17) is 11.5 Å². The first-order valence-electron chi connectivity index (χ1n) is 4.67. The van der Waals surface area contributed by atoms with Crippen molar-refractivity contribution in [2.75, 3.05) is 5.75 Å². The summed E-state index contributed by atoms with van der Waals surface area (Å²) in [6.45, 7) is 4.19. The second-order valence-electron chi connectivity index (χ2n) is 4.04. The first-order valence-corrected chi connectivity index (χ1v) is 5.72. The Kier molecular flexibility index (Phi) is 3.24. The van der Waals surface area contributed by atoms with Crippen LogP contribution in [-0.4, -0.2) is 22.4 Å². The molecular formula is C9H18N2OS. The maximum absolute atomic E-state index is 11.2. The van der Waals surface area contributed by atoms with Crippen molar-refractivity contribution in [1.29, 1.82) is 0 Å². The zero-order valence-electron chi connectivity index (χ0n) is 8.25. The third kappa shape index (κ3) is 2.61. The Morgan fingerprint density at radius 1 is 1.62 bits per heavy atom. The van der Waals surface area contributed by atoms with Crippen LogP contribution in [0.1, 0.15) is 26.7 Å². The molecule has 0 aromatic rings. The number of carbonyl (C=O) groups is 1. The molecule has 0 radical (unpaired) electrons. The number of amides is 1. The lowest BCUT2D eigenvalue weighted by atomic mass is 9.96. The van der Waals surface area contributed by atoms with E-state index in [0.29, 0.717) is 16.9 Å². The van der Waals surface area contributed by atoms with Gasteiger partial charge in [-0.2, -0.15) is 11.8 Å². The summed E-state index contributed by atoms with van der Waals surface area (Å²) >= 11 is 1.71. The van der Waals surface area contributed by atoms with Crippen molar-refractivity contribution in [3.05, 3.63) is 0 Å². The molecule has 1 amide bonds. The summed E-state index contributed by atoms with van der Waals surface area (Å²) in [5.74, 6) is 0.643. The van der Waals surface area contributed by atoms with Gasteiger partial charge in [0.2, 0.25) is 5.91 Å². The molecule has 76 valence electrons. The van der Waals surface area contributed by atoms with E-state index in [1.165, 1.54) is 0 Å². The summed E-state index contributed by atoms with van der Waals surface area (Å²) in [6.07, 6.45) is 2.11. The van der Waals surface area contributed by atoms with Crippen molar-refractivity contribution in [3.63, 3.8) is 0 Å². The fraction of sp³-hybridized carbons (Fsp3) is 0.889. The lowest BCUT2D eigenvalue weighted by Crippen LogP contribution is -2.56. The number of thioether (sulfide) groups is 1. The third-order valence-corrected chi connectivity index (χ3v) is 3.73. The van der Waals surface area contributed by atoms with Crippen LogP contribution in [0.15, 0.2) is 0 Å². The monoisotopic (exact) mass is 202 g/mol. The van der Waals surface area contributed by atoms with Crippen molar-refractivity contribution < 1.29 is 4.79 Å². The van der Waals surface area contributed by atoms with Crippen LogP contribution in [0, 0.1) is 5.92 Å². The van der Waals surface area contributed by atoms with E-state index in [0.717, 1.165) is 12.8 Å². The Bertz CT molecular complexity index is 204. The van der Waals surface area contributed by atoms with E-state index in [1.807, 2.05) is 0 Å². The Morgan fingerprint density at radius 3 is 2.46 bits per heavy atom. The van der Waals surface area contributed by atoms with Crippen molar-refractivity contribution in [2.45, 2.75) is 37.5 Å². The van der Waals surface area contributed by atoms with E-state index >= 15 is 0 Å². The molecule has 0 aromatic carbocycles. The average Bonchev–Trinajstić information content (AvgIpc) is 2.81. The molecule has 1 atom stereocenters. The minimum absolute atomic E-state index is 0.330. The molecule has 0 spiro atoms. The van der Waals surface area contributed by atoms with Gasteiger partial charge in [-0.1, -0.05) is 13.8 Å². The minimum atomic E-state index is -0.755. The molecule has 4 heteroatoms. The molecule has 4 N–H and O–H groups in total. The largest absolute Gasteiger partial charge is 0.368 e. The molecule has 3 nitrogen and oxygen atoms in total. The standard InChI is InChI=1S/C9H18N2OS/c1-6(2)13-5-9(11,8(10)12)7-3-4-7/h6-7H,3-5,11H2,1-2H3,(H2,10,12).